The van der Waals surface area contributed by atoms with Crippen molar-refractivity contribution in [1.29, 1.82) is 0 Å². The smallest absolute Gasteiger partial charge is 0.191 e. The van der Waals surface area contributed by atoms with Gasteiger partial charge in [0.2, 0.25) is 0 Å². The van der Waals surface area contributed by atoms with Gasteiger partial charge in [-0.3, -0.25) is 4.99 Å². The molecule has 138 valence electrons. The number of aliphatic hydroxyl groups excluding tert-OH is 1. The summed E-state index contributed by atoms with van der Waals surface area (Å²) in [5.41, 5.74) is 0. The molecule has 5 heteroatoms. The van der Waals surface area contributed by atoms with Gasteiger partial charge in [-0.15, -0.1) is 0 Å². The molecule has 0 aliphatic carbocycles. The van der Waals surface area contributed by atoms with Crippen LogP contribution in [0.25, 0.3) is 0 Å². The molecule has 0 aromatic heterocycles. The van der Waals surface area contributed by atoms with Gasteiger partial charge >= 0.3 is 0 Å². The summed E-state index contributed by atoms with van der Waals surface area (Å²) in [6.45, 7) is 13.7. The SMILES string of the molecule is CCCCN(C)CCNC(=NCC(CCO)CC(C)C)NCC. The fourth-order valence-electron chi connectivity index (χ4n) is 2.60. The van der Waals surface area contributed by atoms with Gasteiger partial charge in [-0.05, 0) is 51.6 Å². The lowest BCUT2D eigenvalue weighted by Gasteiger charge is -2.19. The molecule has 0 aliphatic rings. The molecule has 0 saturated carbocycles. The second-order valence-corrected chi connectivity index (χ2v) is 6.81. The molecule has 23 heavy (non-hydrogen) atoms. The first-order valence-electron chi connectivity index (χ1n) is 9.34. The van der Waals surface area contributed by atoms with Crippen molar-refractivity contribution >= 4 is 5.96 Å². The van der Waals surface area contributed by atoms with Crippen molar-refractivity contribution in [2.75, 3.05) is 46.4 Å². The third-order valence-electron chi connectivity index (χ3n) is 3.87. The van der Waals surface area contributed by atoms with Gasteiger partial charge in [0.25, 0.3) is 0 Å². The van der Waals surface area contributed by atoms with Gasteiger partial charge in [0.05, 0.1) is 0 Å². The molecule has 1 atom stereocenters. The number of nitrogens with one attached hydrogen (secondary N) is 2. The summed E-state index contributed by atoms with van der Waals surface area (Å²) in [6.07, 6.45) is 4.44. The van der Waals surface area contributed by atoms with Crippen LogP contribution in [0.3, 0.4) is 0 Å². The van der Waals surface area contributed by atoms with E-state index >= 15 is 0 Å². The second kappa shape index (κ2) is 14.8. The van der Waals surface area contributed by atoms with Gasteiger partial charge in [0.1, 0.15) is 0 Å². The van der Waals surface area contributed by atoms with Crippen molar-refractivity contribution in [3.8, 4) is 0 Å². The molecule has 0 aromatic rings. The molecule has 0 rings (SSSR count). The van der Waals surface area contributed by atoms with E-state index < -0.39 is 0 Å². The van der Waals surface area contributed by atoms with Crippen molar-refractivity contribution in [2.24, 2.45) is 16.8 Å². The second-order valence-electron chi connectivity index (χ2n) is 6.81. The van der Waals surface area contributed by atoms with Crippen LogP contribution in [0.1, 0.15) is 53.4 Å². The number of hydrogen-bond donors (Lipinski definition) is 3. The van der Waals surface area contributed by atoms with Crippen molar-refractivity contribution in [3.63, 3.8) is 0 Å². The van der Waals surface area contributed by atoms with Crippen LogP contribution in [0.2, 0.25) is 0 Å². The van der Waals surface area contributed by atoms with E-state index in [1.165, 1.54) is 12.8 Å². The minimum absolute atomic E-state index is 0.249. The highest BCUT2D eigenvalue weighted by atomic mass is 16.3. The van der Waals surface area contributed by atoms with Gasteiger partial charge in [-0.25, -0.2) is 0 Å². The molecule has 0 radical (unpaired) electrons. The fourth-order valence-corrected chi connectivity index (χ4v) is 2.60. The van der Waals surface area contributed by atoms with Crippen molar-refractivity contribution in [2.45, 2.75) is 53.4 Å². The standard InChI is InChI=1S/C18H40N4O/c1-6-8-11-22(5)12-10-20-18(19-7-2)21-15-17(9-13-23)14-16(3)4/h16-17,23H,6-15H2,1-5H3,(H2,19,20,21). The highest BCUT2D eigenvalue weighted by Gasteiger charge is 2.10. The Morgan fingerprint density at radius 3 is 2.48 bits per heavy atom. The summed E-state index contributed by atoms with van der Waals surface area (Å²) < 4.78 is 0. The molecule has 0 saturated heterocycles. The Hall–Kier alpha value is -0.810. The van der Waals surface area contributed by atoms with E-state index in [4.69, 9.17) is 4.99 Å². The average molecular weight is 329 g/mol. The van der Waals surface area contributed by atoms with Crippen molar-refractivity contribution < 1.29 is 5.11 Å². The molecule has 0 amide bonds. The van der Waals surface area contributed by atoms with Crippen molar-refractivity contribution in [1.82, 2.24) is 15.5 Å². The number of guanidine groups is 1. The summed E-state index contributed by atoms with van der Waals surface area (Å²) in [7, 11) is 2.17. The van der Waals surface area contributed by atoms with Crippen LogP contribution in [0, 0.1) is 11.8 Å². The predicted molar refractivity (Wildman–Crippen MR) is 101 cm³/mol. The molecule has 0 heterocycles. The van der Waals surface area contributed by atoms with Crippen LogP contribution in [-0.2, 0) is 0 Å². The largest absolute Gasteiger partial charge is 0.396 e. The monoisotopic (exact) mass is 328 g/mol. The van der Waals surface area contributed by atoms with Gasteiger partial charge in [0.15, 0.2) is 5.96 Å². The highest BCUT2D eigenvalue weighted by molar-refractivity contribution is 5.79. The zero-order chi connectivity index (χ0) is 17.5. The minimum Gasteiger partial charge on any atom is -0.396 e. The molecule has 0 aromatic carbocycles. The van der Waals surface area contributed by atoms with Crippen LogP contribution in [0.4, 0.5) is 0 Å². The van der Waals surface area contributed by atoms with Crippen LogP contribution < -0.4 is 10.6 Å². The Kier molecular flexibility index (Phi) is 14.2. The zero-order valence-electron chi connectivity index (χ0n) is 16.1. The maximum Gasteiger partial charge on any atom is 0.191 e. The maximum absolute atomic E-state index is 9.21. The Morgan fingerprint density at radius 1 is 1.17 bits per heavy atom. The summed E-state index contributed by atoms with van der Waals surface area (Å²) in [4.78, 5) is 7.06. The van der Waals surface area contributed by atoms with Gasteiger partial charge in [0, 0.05) is 32.8 Å². The number of hydrogen-bond acceptors (Lipinski definition) is 3. The molecule has 0 aliphatic heterocycles. The molecule has 0 fully saturated rings. The van der Waals surface area contributed by atoms with Crippen LogP contribution in [-0.4, -0.2) is 62.3 Å². The third kappa shape index (κ3) is 13.3. The lowest BCUT2D eigenvalue weighted by Crippen LogP contribution is -2.41. The summed E-state index contributed by atoms with van der Waals surface area (Å²) in [5.74, 6) is 2.00. The number of rotatable bonds is 13. The number of nitrogens with zero attached hydrogens (tertiary/aromatic N) is 2. The van der Waals surface area contributed by atoms with E-state index in [0.29, 0.717) is 11.8 Å². The first kappa shape index (κ1) is 22.2. The highest BCUT2D eigenvalue weighted by Crippen LogP contribution is 2.15. The predicted octanol–water partition coefficient (Wildman–Crippen LogP) is 2.32. The Morgan fingerprint density at radius 2 is 1.91 bits per heavy atom. The van der Waals surface area contributed by atoms with E-state index in [1.54, 1.807) is 0 Å². The quantitative estimate of drug-likeness (QED) is 0.359. The number of aliphatic hydroxyl groups is 1. The topological polar surface area (TPSA) is 59.9 Å². The first-order chi connectivity index (χ1) is 11.0. The van der Waals surface area contributed by atoms with Crippen LogP contribution in [0.5, 0.6) is 0 Å². The molecular formula is C18H40N4O. The minimum atomic E-state index is 0.249. The number of aliphatic imine (C=N–C) groups is 1. The van der Waals surface area contributed by atoms with E-state index in [2.05, 4.69) is 50.3 Å². The van der Waals surface area contributed by atoms with Gasteiger partial charge < -0.3 is 20.6 Å². The lowest BCUT2D eigenvalue weighted by atomic mass is 9.94. The summed E-state index contributed by atoms with van der Waals surface area (Å²) in [5, 5.41) is 15.9. The molecule has 1 unspecified atom stereocenters. The van der Waals surface area contributed by atoms with E-state index in [0.717, 1.165) is 51.5 Å². The van der Waals surface area contributed by atoms with E-state index in [-0.39, 0.29) is 6.61 Å². The molecule has 5 nitrogen and oxygen atoms in total. The first-order valence-corrected chi connectivity index (χ1v) is 9.34. The molecule has 3 N–H and O–H groups in total. The number of unbranched alkanes of at least 4 members (excludes halogenated alkanes) is 1. The third-order valence-corrected chi connectivity index (χ3v) is 3.87. The Labute approximate surface area is 143 Å². The molecule has 0 bridgehead atoms. The Balaban J connectivity index is 4.28. The van der Waals surface area contributed by atoms with Gasteiger partial charge in [-0.2, -0.15) is 0 Å². The molecule has 0 spiro atoms. The number of likely N-dealkylation sites (N-methyl/N-ethyl adjacent to an activating group) is 1. The normalized spacial score (nSPS) is 13.7. The average Bonchev–Trinajstić information content (AvgIpc) is 2.50. The lowest BCUT2D eigenvalue weighted by molar-refractivity contribution is 0.245. The van der Waals surface area contributed by atoms with E-state index in [1.807, 2.05) is 0 Å². The van der Waals surface area contributed by atoms with Crippen LogP contribution >= 0.6 is 0 Å². The maximum atomic E-state index is 9.21. The fraction of sp³-hybridized carbons (Fsp3) is 0.944. The van der Waals surface area contributed by atoms with Gasteiger partial charge in [-0.1, -0.05) is 27.2 Å². The Bertz CT molecular complexity index is 295. The molecular weight excluding hydrogens is 288 g/mol. The summed E-state index contributed by atoms with van der Waals surface area (Å²) in [6, 6.07) is 0. The zero-order valence-corrected chi connectivity index (χ0v) is 16.1. The summed E-state index contributed by atoms with van der Waals surface area (Å²) >= 11 is 0. The van der Waals surface area contributed by atoms with Crippen LogP contribution in [0.15, 0.2) is 4.99 Å². The van der Waals surface area contributed by atoms with E-state index in [9.17, 15) is 5.11 Å². The van der Waals surface area contributed by atoms with Crippen molar-refractivity contribution in [3.05, 3.63) is 0 Å².